The van der Waals surface area contributed by atoms with E-state index >= 15 is 0 Å². The van der Waals surface area contributed by atoms with E-state index in [0.717, 1.165) is 6.42 Å². The van der Waals surface area contributed by atoms with Crippen LogP contribution in [-0.2, 0) is 4.79 Å². The fraction of sp³-hybridized carbons (Fsp3) is 0.500. The molecule has 0 saturated heterocycles. The third-order valence-corrected chi connectivity index (χ3v) is 2.97. The van der Waals surface area contributed by atoms with Gasteiger partial charge in [-0.05, 0) is 19.4 Å². The number of nitrogens with one attached hydrogen (secondary N) is 2. The number of hydrogen-bond acceptors (Lipinski definition) is 5. The van der Waals surface area contributed by atoms with Crippen molar-refractivity contribution in [1.29, 1.82) is 0 Å². The summed E-state index contributed by atoms with van der Waals surface area (Å²) >= 11 is 0. The smallest absolute Gasteiger partial charge is 0.273 e. The molecule has 1 aromatic carbocycles. The van der Waals surface area contributed by atoms with Crippen LogP contribution in [0.25, 0.3) is 0 Å². The molecule has 0 bridgehead atoms. The van der Waals surface area contributed by atoms with Gasteiger partial charge in [-0.2, -0.15) is 0 Å². The number of non-ortho nitro benzene ring substituents is 1. The van der Waals surface area contributed by atoms with Crippen LogP contribution in [0, 0.1) is 10.1 Å². The maximum atomic E-state index is 11.6. The van der Waals surface area contributed by atoms with Crippen LogP contribution in [0.15, 0.2) is 18.2 Å². The third kappa shape index (κ3) is 4.94. The molecule has 7 heteroatoms. The van der Waals surface area contributed by atoms with Crippen molar-refractivity contribution in [2.45, 2.75) is 20.3 Å². The molecular weight excluding hydrogens is 272 g/mol. The van der Waals surface area contributed by atoms with E-state index in [-0.39, 0.29) is 18.1 Å². The van der Waals surface area contributed by atoms with Crippen LogP contribution in [0.5, 0.6) is 0 Å². The summed E-state index contributed by atoms with van der Waals surface area (Å²) in [5, 5.41) is 16.7. The summed E-state index contributed by atoms with van der Waals surface area (Å²) in [6.07, 6.45) is 0.843. The third-order valence-electron chi connectivity index (χ3n) is 2.97. The highest BCUT2D eigenvalue weighted by Crippen LogP contribution is 2.27. The van der Waals surface area contributed by atoms with Crippen LogP contribution >= 0.6 is 0 Å². The van der Waals surface area contributed by atoms with Crippen LogP contribution in [0.1, 0.15) is 20.3 Å². The van der Waals surface area contributed by atoms with Crippen molar-refractivity contribution >= 4 is 23.0 Å². The molecule has 1 aromatic rings. The Bertz CT molecular complexity index is 505. The van der Waals surface area contributed by atoms with Crippen molar-refractivity contribution in [1.82, 2.24) is 5.32 Å². The summed E-state index contributed by atoms with van der Waals surface area (Å²) in [7, 11) is 1.57. The summed E-state index contributed by atoms with van der Waals surface area (Å²) < 4.78 is 0. The molecule has 0 radical (unpaired) electrons. The molecule has 0 aliphatic rings. The van der Waals surface area contributed by atoms with Crippen LogP contribution in [0.2, 0.25) is 0 Å². The van der Waals surface area contributed by atoms with Crippen molar-refractivity contribution in [3.8, 4) is 0 Å². The van der Waals surface area contributed by atoms with Crippen LogP contribution < -0.4 is 15.5 Å². The van der Waals surface area contributed by atoms with Gasteiger partial charge in [0.2, 0.25) is 5.91 Å². The molecule has 0 fully saturated rings. The number of rotatable bonds is 8. The molecule has 7 nitrogen and oxygen atoms in total. The van der Waals surface area contributed by atoms with Gasteiger partial charge in [-0.1, -0.05) is 6.92 Å². The van der Waals surface area contributed by atoms with Gasteiger partial charge in [0.15, 0.2) is 0 Å². The van der Waals surface area contributed by atoms with E-state index in [9.17, 15) is 14.9 Å². The molecule has 21 heavy (non-hydrogen) atoms. The van der Waals surface area contributed by atoms with Gasteiger partial charge in [-0.3, -0.25) is 14.9 Å². The van der Waals surface area contributed by atoms with Crippen molar-refractivity contribution < 1.29 is 9.72 Å². The average molecular weight is 294 g/mol. The molecule has 0 heterocycles. The van der Waals surface area contributed by atoms with Gasteiger partial charge in [0.05, 0.1) is 11.5 Å². The molecule has 0 aliphatic carbocycles. The van der Waals surface area contributed by atoms with Crippen LogP contribution in [0.4, 0.5) is 17.1 Å². The Hall–Kier alpha value is -2.31. The molecule has 0 spiro atoms. The summed E-state index contributed by atoms with van der Waals surface area (Å²) in [5.74, 6) is -0.125. The van der Waals surface area contributed by atoms with Crippen molar-refractivity contribution in [2.24, 2.45) is 0 Å². The van der Waals surface area contributed by atoms with Gasteiger partial charge in [-0.25, -0.2) is 0 Å². The zero-order valence-corrected chi connectivity index (χ0v) is 12.7. The lowest BCUT2D eigenvalue weighted by molar-refractivity contribution is -0.384. The Balaban J connectivity index is 3.15. The maximum Gasteiger partial charge on any atom is 0.273 e. The standard InChI is InChI=1S/C14H22N4O3/c1-4-6-17(10-14(19)15-3)12-7-11(16-5-2)8-13(9-12)18(20)21/h7-9,16H,4-6,10H2,1-3H3,(H,15,19). The number of nitro groups is 1. The lowest BCUT2D eigenvalue weighted by Gasteiger charge is -2.24. The first-order valence-electron chi connectivity index (χ1n) is 7.00. The normalized spacial score (nSPS) is 10.0. The Morgan fingerprint density at radius 1 is 1.33 bits per heavy atom. The van der Waals surface area contributed by atoms with Gasteiger partial charge in [0, 0.05) is 43.6 Å². The van der Waals surface area contributed by atoms with Crippen molar-refractivity contribution in [3.05, 3.63) is 28.3 Å². The highest BCUT2D eigenvalue weighted by molar-refractivity contribution is 5.81. The Kier molecular flexibility index (Phi) is 6.45. The topological polar surface area (TPSA) is 87.5 Å². The largest absolute Gasteiger partial charge is 0.385 e. The SMILES string of the molecule is CCCN(CC(=O)NC)c1cc(NCC)cc([N+](=O)[O-])c1. The number of amides is 1. The van der Waals surface area contributed by atoms with Gasteiger partial charge in [0.25, 0.3) is 5.69 Å². The maximum absolute atomic E-state index is 11.6. The Labute approximate surface area is 124 Å². The molecule has 2 N–H and O–H groups in total. The van der Waals surface area contributed by atoms with E-state index in [0.29, 0.717) is 24.5 Å². The van der Waals surface area contributed by atoms with E-state index < -0.39 is 4.92 Å². The molecule has 0 aromatic heterocycles. The van der Waals surface area contributed by atoms with E-state index in [1.165, 1.54) is 12.1 Å². The van der Waals surface area contributed by atoms with Crippen molar-refractivity contribution in [3.63, 3.8) is 0 Å². The molecule has 0 atom stereocenters. The number of carbonyl (C=O) groups is 1. The monoisotopic (exact) mass is 294 g/mol. The summed E-state index contributed by atoms with van der Waals surface area (Å²) in [5.41, 5.74) is 1.37. The lowest BCUT2D eigenvalue weighted by Crippen LogP contribution is -2.36. The Morgan fingerprint density at radius 2 is 2.05 bits per heavy atom. The predicted molar refractivity (Wildman–Crippen MR) is 83.8 cm³/mol. The van der Waals surface area contributed by atoms with Gasteiger partial charge >= 0.3 is 0 Å². The number of anilines is 2. The van der Waals surface area contributed by atoms with E-state index in [1.807, 2.05) is 24.8 Å². The lowest BCUT2D eigenvalue weighted by atomic mass is 10.2. The molecule has 0 aliphatic heterocycles. The van der Waals surface area contributed by atoms with Crippen LogP contribution in [0.3, 0.4) is 0 Å². The van der Waals surface area contributed by atoms with Gasteiger partial charge in [0.1, 0.15) is 0 Å². The highest BCUT2D eigenvalue weighted by Gasteiger charge is 2.15. The molecule has 1 rings (SSSR count). The Morgan fingerprint density at radius 3 is 2.57 bits per heavy atom. The van der Waals surface area contributed by atoms with Gasteiger partial charge < -0.3 is 15.5 Å². The average Bonchev–Trinajstić information content (AvgIpc) is 2.46. The minimum Gasteiger partial charge on any atom is -0.385 e. The second-order valence-corrected chi connectivity index (χ2v) is 4.62. The molecule has 1 amide bonds. The molecule has 0 unspecified atom stereocenters. The van der Waals surface area contributed by atoms with E-state index in [4.69, 9.17) is 0 Å². The second-order valence-electron chi connectivity index (χ2n) is 4.62. The predicted octanol–water partition coefficient (Wildman–Crippen LogP) is 1.99. The zero-order valence-electron chi connectivity index (χ0n) is 12.7. The quantitative estimate of drug-likeness (QED) is 0.565. The number of nitrogens with zero attached hydrogens (tertiary/aromatic N) is 2. The first kappa shape index (κ1) is 16.7. The van der Waals surface area contributed by atoms with Gasteiger partial charge in [-0.15, -0.1) is 0 Å². The first-order chi connectivity index (χ1) is 10.0. The fourth-order valence-electron chi connectivity index (χ4n) is 2.01. The molecular formula is C14H22N4O3. The fourth-order valence-corrected chi connectivity index (χ4v) is 2.01. The molecule has 116 valence electrons. The zero-order chi connectivity index (χ0) is 15.8. The summed E-state index contributed by atoms with van der Waals surface area (Å²) in [4.78, 5) is 24.1. The summed E-state index contributed by atoms with van der Waals surface area (Å²) in [6, 6.07) is 4.82. The van der Waals surface area contributed by atoms with Crippen LogP contribution in [-0.4, -0.2) is 37.5 Å². The highest BCUT2D eigenvalue weighted by atomic mass is 16.6. The second kappa shape index (κ2) is 8.08. The van der Waals surface area contributed by atoms with Crippen molar-refractivity contribution in [2.75, 3.05) is 36.9 Å². The number of hydrogen-bond donors (Lipinski definition) is 2. The summed E-state index contributed by atoms with van der Waals surface area (Å²) in [6.45, 7) is 5.42. The first-order valence-corrected chi connectivity index (χ1v) is 7.00. The number of carbonyl (C=O) groups excluding carboxylic acids is 1. The minimum absolute atomic E-state index is 0.0152. The number of likely N-dealkylation sites (N-methyl/N-ethyl adjacent to an activating group) is 1. The molecule has 0 saturated carbocycles. The minimum atomic E-state index is -0.422. The van der Waals surface area contributed by atoms with E-state index in [1.54, 1.807) is 7.05 Å². The van der Waals surface area contributed by atoms with E-state index in [2.05, 4.69) is 10.6 Å². The number of benzene rings is 1. The number of nitro benzene ring substituents is 1.